The number of para-hydroxylation sites is 1. The van der Waals surface area contributed by atoms with Crippen molar-refractivity contribution in [2.45, 2.75) is 19.0 Å². The van der Waals surface area contributed by atoms with Gasteiger partial charge in [-0.3, -0.25) is 9.36 Å². The van der Waals surface area contributed by atoms with Crippen LogP contribution in [0.15, 0.2) is 53.0 Å². The minimum atomic E-state index is -0.944. The number of amides is 1. The molecule has 0 atom stereocenters. The monoisotopic (exact) mass is 457 g/mol. The summed E-state index contributed by atoms with van der Waals surface area (Å²) in [5.74, 6) is -1.27. The highest BCUT2D eigenvalue weighted by Gasteiger charge is 2.16. The van der Waals surface area contributed by atoms with E-state index in [0.717, 1.165) is 29.2 Å². The van der Waals surface area contributed by atoms with Crippen LogP contribution in [0.3, 0.4) is 0 Å². The Morgan fingerprint density at radius 1 is 1.13 bits per heavy atom. The topological polar surface area (TPSA) is 72.7 Å². The van der Waals surface area contributed by atoms with Gasteiger partial charge in [0.2, 0.25) is 5.91 Å². The summed E-state index contributed by atoms with van der Waals surface area (Å²) < 4.78 is 28.5. The van der Waals surface area contributed by atoms with Crippen molar-refractivity contribution in [2.75, 3.05) is 11.1 Å². The van der Waals surface area contributed by atoms with Crippen LogP contribution in [-0.4, -0.2) is 31.4 Å². The Kier molecular flexibility index (Phi) is 6.10. The lowest BCUT2D eigenvalue weighted by Gasteiger charge is -2.10. The lowest BCUT2D eigenvalue weighted by molar-refractivity contribution is -0.113. The van der Waals surface area contributed by atoms with Crippen molar-refractivity contribution in [3.05, 3.63) is 70.9 Å². The number of aromatic nitrogens is 4. The molecule has 0 unspecified atom stereocenters. The van der Waals surface area contributed by atoms with Crippen LogP contribution in [-0.2, 0) is 4.79 Å². The van der Waals surface area contributed by atoms with Crippen LogP contribution in [0.25, 0.3) is 16.9 Å². The first-order valence-corrected chi connectivity index (χ1v) is 11.1. The fourth-order valence-electron chi connectivity index (χ4n) is 2.93. The van der Waals surface area contributed by atoms with Gasteiger partial charge in [-0.25, -0.2) is 13.8 Å². The third kappa shape index (κ3) is 4.64. The predicted octanol–water partition coefficient (Wildman–Crippen LogP) is 5.02. The van der Waals surface area contributed by atoms with E-state index in [4.69, 9.17) is 0 Å². The number of nitrogens with zero attached hydrogens (tertiary/aromatic N) is 4. The van der Waals surface area contributed by atoms with E-state index in [1.165, 1.54) is 29.2 Å². The molecule has 2 aromatic carbocycles. The van der Waals surface area contributed by atoms with Crippen LogP contribution >= 0.6 is 23.1 Å². The zero-order valence-corrected chi connectivity index (χ0v) is 18.2. The van der Waals surface area contributed by atoms with E-state index in [-0.39, 0.29) is 11.7 Å². The first kappa shape index (κ1) is 21.1. The molecule has 0 aliphatic heterocycles. The average molecular weight is 458 g/mol. The highest BCUT2D eigenvalue weighted by atomic mass is 32.2. The smallest absolute Gasteiger partial charge is 0.236 e. The molecule has 2 aromatic heterocycles. The number of carbonyl (C=O) groups is 1. The number of thiazole rings is 1. The molecule has 0 fully saturated rings. The molecular formula is C21H17F2N5OS2. The van der Waals surface area contributed by atoms with Gasteiger partial charge < -0.3 is 5.32 Å². The van der Waals surface area contributed by atoms with Crippen molar-refractivity contribution < 1.29 is 13.6 Å². The van der Waals surface area contributed by atoms with Crippen LogP contribution in [0.5, 0.6) is 0 Å². The summed E-state index contributed by atoms with van der Waals surface area (Å²) in [4.78, 5) is 16.7. The molecule has 0 spiro atoms. The number of halogens is 2. The number of hydrogen-bond donors (Lipinski definition) is 1. The number of benzene rings is 2. The van der Waals surface area contributed by atoms with Crippen molar-refractivity contribution in [2.24, 2.45) is 0 Å². The van der Waals surface area contributed by atoms with Crippen molar-refractivity contribution in [3.8, 4) is 16.9 Å². The van der Waals surface area contributed by atoms with Gasteiger partial charge in [0.15, 0.2) is 21.9 Å². The quantitative estimate of drug-likeness (QED) is 0.412. The van der Waals surface area contributed by atoms with E-state index in [2.05, 4.69) is 20.5 Å². The zero-order chi connectivity index (χ0) is 22.0. The molecule has 0 radical (unpaired) electrons. The van der Waals surface area contributed by atoms with E-state index in [0.29, 0.717) is 21.5 Å². The Morgan fingerprint density at radius 2 is 1.94 bits per heavy atom. The Labute approximate surface area is 185 Å². The molecule has 31 heavy (non-hydrogen) atoms. The van der Waals surface area contributed by atoms with E-state index in [1.54, 1.807) is 5.38 Å². The minimum Gasteiger partial charge on any atom is -0.301 e. The van der Waals surface area contributed by atoms with Gasteiger partial charge in [-0.15, -0.1) is 21.5 Å². The maximum atomic E-state index is 13.4. The molecule has 0 aliphatic rings. The second kappa shape index (κ2) is 8.94. The second-order valence-corrected chi connectivity index (χ2v) is 8.46. The van der Waals surface area contributed by atoms with Gasteiger partial charge in [-0.1, -0.05) is 30.0 Å². The maximum Gasteiger partial charge on any atom is 0.236 e. The van der Waals surface area contributed by atoms with Crippen molar-refractivity contribution >= 4 is 34.1 Å². The molecule has 4 aromatic rings. The van der Waals surface area contributed by atoms with E-state index < -0.39 is 11.6 Å². The summed E-state index contributed by atoms with van der Waals surface area (Å²) in [6.07, 6.45) is 0. The molecule has 158 valence electrons. The van der Waals surface area contributed by atoms with Gasteiger partial charge in [-0.2, -0.15) is 0 Å². The van der Waals surface area contributed by atoms with Crippen molar-refractivity contribution in [1.29, 1.82) is 0 Å². The van der Waals surface area contributed by atoms with Gasteiger partial charge in [0.05, 0.1) is 17.1 Å². The Balaban J connectivity index is 1.43. The first-order chi connectivity index (χ1) is 14.9. The van der Waals surface area contributed by atoms with Crippen LogP contribution < -0.4 is 5.32 Å². The number of aryl methyl sites for hydroxylation is 2. The Hall–Kier alpha value is -3.11. The van der Waals surface area contributed by atoms with Gasteiger partial charge in [0, 0.05) is 10.9 Å². The van der Waals surface area contributed by atoms with Gasteiger partial charge >= 0.3 is 0 Å². The molecule has 2 heterocycles. The molecule has 1 N–H and O–H groups in total. The van der Waals surface area contributed by atoms with Crippen molar-refractivity contribution in [1.82, 2.24) is 19.7 Å². The average Bonchev–Trinajstić information content (AvgIpc) is 3.35. The van der Waals surface area contributed by atoms with Crippen LogP contribution in [0, 0.1) is 25.5 Å². The zero-order valence-electron chi connectivity index (χ0n) is 16.6. The summed E-state index contributed by atoms with van der Waals surface area (Å²) in [5, 5.41) is 13.7. The van der Waals surface area contributed by atoms with E-state index in [9.17, 15) is 13.6 Å². The lowest BCUT2D eigenvalue weighted by atomic mass is 10.2. The van der Waals surface area contributed by atoms with Gasteiger partial charge in [0.1, 0.15) is 5.82 Å². The number of nitrogens with one attached hydrogen (secondary N) is 1. The lowest BCUT2D eigenvalue weighted by Crippen LogP contribution is -2.14. The van der Waals surface area contributed by atoms with Crippen LogP contribution in [0.2, 0.25) is 0 Å². The summed E-state index contributed by atoms with van der Waals surface area (Å²) in [6.45, 7) is 3.86. The van der Waals surface area contributed by atoms with E-state index in [1.807, 2.05) is 42.7 Å². The minimum absolute atomic E-state index is 0.115. The van der Waals surface area contributed by atoms with E-state index >= 15 is 0 Å². The summed E-state index contributed by atoms with van der Waals surface area (Å²) in [5.41, 5.74) is 2.93. The molecule has 6 nitrogen and oxygen atoms in total. The SMILES string of the molecule is Cc1ccccc1-n1c(C)nnc1SCC(=O)Nc1nc(-c2ccc(F)c(F)c2)cs1. The molecule has 0 saturated heterocycles. The number of hydrogen-bond acceptors (Lipinski definition) is 6. The van der Waals surface area contributed by atoms with Crippen LogP contribution in [0.4, 0.5) is 13.9 Å². The standard InChI is InChI=1S/C21H17F2N5OS2/c1-12-5-3-4-6-18(12)28-13(2)26-27-21(28)31-11-19(29)25-20-24-17(10-30-20)14-7-8-15(22)16(23)9-14/h3-10H,11H2,1-2H3,(H,24,25,29). The molecular weight excluding hydrogens is 440 g/mol. The third-order valence-electron chi connectivity index (χ3n) is 4.45. The second-order valence-electron chi connectivity index (χ2n) is 6.66. The molecule has 0 aliphatic carbocycles. The molecule has 0 bridgehead atoms. The van der Waals surface area contributed by atoms with Crippen LogP contribution in [0.1, 0.15) is 11.4 Å². The molecule has 4 rings (SSSR count). The Bertz CT molecular complexity index is 1250. The highest BCUT2D eigenvalue weighted by molar-refractivity contribution is 7.99. The number of rotatable bonds is 6. The Morgan fingerprint density at radius 3 is 2.71 bits per heavy atom. The summed E-state index contributed by atoms with van der Waals surface area (Å²) in [7, 11) is 0. The fraction of sp³-hybridized carbons (Fsp3) is 0.143. The summed E-state index contributed by atoms with van der Waals surface area (Å²) >= 11 is 2.48. The number of carbonyl (C=O) groups excluding carboxylic acids is 1. The number of thioether (sulfide) groups is 1. The summed E-state index contributed by atoms with van der Waals surface area (Å²) in [6, 6.07) is 11.4. The number of anilines is 1. The predicted molar refractivity (Wildman–Crippen MR) is 118 cm³/mol. The first-order valence-electron chi connectivity index (χ1n) is 9.24. The molecule has 10 heteroatoms. The van der Waals surface area contributed by atoms with Gasteiger partial charge in [0.25, 0.3) is 0 Å². The molecule has 1 amide bonds. The maximum absolute atomic E-state index is 13.4. The largest absolute Gasteiger partial charge is 0.301 e. The third-order valence-corrected chi connectivity index (χ3v) is 6.14. The van der Waals surface area contributed by atoms with Gasteiger partial charge in [-0.05, 0) is 43.7 Å². The van der Waals surface area contributed by atoms with Crippen molar-refractivity contribution in [3.63, 3.8) is 0 Å². The molecule has 0 saturated carbocycles. The highest BCUT2D eigenvalue weighted by Crippen LogP contribution is 2.27. The normalized spacial score (nSPS) is 11.0. The fourth-order valence-corrected chi connectivity index (χ4v) is 4.46.